The average molecular weight is 332 g/mol. The number of aromatic nitrogens is 3. The summed E-state index contributed by atoms with van der Waals surface area (Å²) in [5.41, 5.74) is 2.12. The first-order valence-corrected chi connectivity index (χ1v) is 6.68. The first-order chi connectivity index (χ1) is 9.63. The maximum Gasteiger partial charge on any atom is 0.262 e. The molecule has 0 saturated carbocycles. The Hall–Kier alpha value is -2.21. The SMILES string of the molecule is Cc1ccc(O)c(-c2nc(-c3ccc(Br)cn3)no2)c1. The Kier molecular flexibility index (Phi) is 3.23. The molecule has 5 nitrogen and oxygen atoms in total. The fourth-order valence-electron chi connectivity index (χ4n) is 1.77. The molecule has 2 heterocycles. The van der Waals surface area contributed by atoms with Crippen molar-refractivity contribution in [1.82, 2.24) is 15.1 Å². The van der Waals surface area contributed by atoms with Crippen molar-refractivity contribution < 1.29 is 9.63 Å². The van der Waals surface area contributed by atoms with E-state index in [1.807, 2.05) is 19.1 Å². The van der Waals surface area contributed by atoms with Crippen LogP contribution in [0.2, 0.25) is 0 Å². The molecule has 3 aromatic rings. The highest BCUT2D eigenvalue weighted by Gasteiger charge is 2.14. The van der Waals surface area contributed by atoms with E-state index in [0.29, 0.717) is 17.1 Å². The van der Waals surface area contributed by atoms with Gasteiger partial charge < -0.3 is 9.63 Å². The summed E-state index contributed by atoms with van der Waals surface area (Å²) in [5.74, 6) is 0.758. The molecule has 0 bridgehead atoms. The highest BCUT2D eigenvalue weighted by Crippen LogP contribution is 2.29. The molecule has 0 aliphatic heterocycles. The topological polar surface area (TPSA) is 72.0 Å². The highest BCUT2D eigenvalue weighted by molar-refractivity contribution is 9.10. The molecule has 0 spiro atoms. The number of benzene rings is 1. The van der Waals surface area contributed by atoms with Gasteiger partial charge in [0.2, 0.25) is 5.82 Å². The van der Waals surface area contributed by atoms with E-state index < -0.39 is 0 Å². The second-order valence-electron chi connectivity index (χ2n) is 4.31. The lowest BCUT2D eigenvalue weighted by molar-refractivity contribution is 0.425. The van der Waals surface area contributed by atoms with Crippen LogP contribution in [0.5, 0.6) is 5.75 Å². The van der Waals surface area contributed by atoms with Gasteiger partial charge in [0.1, 0.15) is 11.4 Å². The van der Waals surface area contributed by atoms with Crippen molar-refractivity contribution in [1.29, 1.82) is 0 Å². The maximum absolute atomic E-state index is 9.86. The Morgan fingerprint density at radius 1 is 1.20 bits per heavy atom. The van der Waals surface area contributed by atoms with E-state index in [2.05, 4.69) is 31.1 Å². The van der Waals surface area contributed by atoms with Gasteiger partial charge in [-0.15, -0.1) is 0 Å². The molecule has 20 heavy (non-hydrogen) atoms. The van der Waals surface area contributed by atoms with Crippen molar-refractivity contribution >= 4 is 15.9 Å². The van der Waals surface area contributed by atoms with Crippen molar-refractivity contribution in [2.24, 2.45) is 0 Å². The molecule has 0 amide bonds. The number of phenols is 1. The van der Waals surface area contributed by atoms with Crippen LogP contribution in [-0.2, 0) is 0 Å². The fraction of sp³-hybridized carbons (Fsp3) is 0.0714. The number of hydrogen-bond acceptors (Lipinski definition) is 5. The molecule has 0 unspecified atom stereocenters. The van der Waals surface area contributed by atoms with Crippen LogP contribution < -0.4 is 0 Å². The van der Waals surface area contributed by atoms with Crippen LogP contribution in [0, 0.1) is 6.92 Å². The third-order valence-corrected chi connectivity index (χ3v) is 3.23. The molecule has 0 fully saturated rings. The van der Waals surface area contributed by atoms with Gasteiger partial charge >= 0.3 is 0 Å². The van der Waals surface area contributed by atoms with Gasteiger partial charge in [0, 0.05) is 10.7 Å². The summed E-state index contributed by atoms with van der Waals surface area (Å²) in [6.45, 7) is 1.93. The van der Waals surface area contributed by atoms with Crippen molar-refractivity contribution in [2.75, 3.05) is 0 Å². The van der Waals surface area contributed by atoms with Crippen LogP contribution in [-0.4, -0.2) is 20.2 Å². The fourth-order valence-corrected chi connectivity index (χ4v) is 2.00. The monoisotopic (exact) mass is 331 g/mol. The third-order valence-electron chi connectivity index (χ3n) is 2.76. The number of aromatic hydroxyl groups is 1. The first kappa shape index (κ1) is 12.8. The minimum atomic E-state index is 0.106. The molecule has 0 aliphatic carbocycles. The summed E-state index contributed by atoms with van der Waals surface area (Å²) in [7, 11) is 0. The Labute approximate surface area is 123 Å². The minimum absolute atomic E-state index is 0.106. The summed E-state index contributed by atoms with van der Waals surface area (Å²) >= 11 is 3.32. The van der Waals surface area contributed by atoms with Crippen LogP contribution in [0.25, 0.3) is 23.0 Å². The van der Waals surface area contributed by atoms with E-state index in [0.717, 1.165) is 10.0 Å². The third kappa shape index (κ3) is 2.42. The molecule has 0 saturated heterocycles. The largest absolute Gasteiger partial charge is 0.507 e. The number of halogens is 1. The molecule has 1 N–H and O–H groups in total. The Morgan fingerprint density at radius 3 is 2.80 bits per heavy atom. The summed E-state index contributed by atoms with van der Waals surface area (Å²) in [6.07, 6.45) is 1.66. The molecular weight excluding hydrogens is 322 g/mol. The summed E-state index contributed by atoms with van der Waals surface area (Å²) in [4.78, 5) is 8.47. The zero-order valence-corrected chi connectivity index (χ0v) is 12.1. The van der Waals surface area contributed by atoms with Crippen LogP contribution in [0.3, 0.4) is 0 Å². The first-order valence-electron chi connectivity index (χ1n) is 5.89. The molecule has 2 aromatic heterocycles. The zero-order valence-electron chi connectivity index (χ0n) is 10.5. The smallest absolute Gasteiger partial charge is 0.262 e. The van der Waals surface area contributed by atoms with Crippen molar-refractivity contribution in [2.45, 2.75) is 6.92 Å². The van der Waals surface area contributed by atoms with Gasteiger partial charge in [-0.25, -0.2) is 0 Å². The molecule has 0 aliphatic rings. The molecule has 1 aromatic carbocycles. The summed E-state index contributed by atoms with van der Waals surface area (Å²) in [6, 6.07) is 8.85. The predicted octanol–water partition coefficient (Wildman–Crippen LogP) is 3.58. The predicted molar refractivity (Wildman–Crippen MR) is 77.1 cm³/mol. The maximum atomic E-state index is 9.86. The van der Waals surface area contributed by atoms with Crippen LogP contribution in [0.4, 0.5) is 0 Å². The number of hydrogen-bond donors (Lipinski definition) is 1. The summed E-state index contributed by atoms with van der Waals surface area (Å²) < 4.78 is 6.07. The molecule has 0 radical (unpaired) electrons. The lowest BCUT2D eigenvalue weighted by Crippen LogP contribution is -1.85. The van der Waals surface area contributed by atoms with E-state index in [4.69, 9.17) is 4.52 Å². The Bertz CT molecular complexity index is 753. The van der Waals surface area contributed by atoms with Crippen molar-refractivity contribution in [3.05, 3.63) is 46.6 Å². The van der Waals surface area contributed by atoms with Gasteiger partial charge in [0.15, 0.2) is 0 Å². The number of rotatable bonds is 2. The van der Waals surface area contributed by atoms with Gasteiger partial charge in [-0.2, -0.15) is 4.98 Å². The van der Waals surface area contributed by atoms with Crippen LogP contribution in [0.1, 0.15) is 5.56 Å². The molecule has 3 rings (SSSR count). The van der Waals surface area contributed by atoms with E-state index in [1.54, 1.807) is 24.4 Å². The van der Waals surface area contributed by atoms with Gasteiger partial charge in [-0.05, 0) is 47.1 Å². The normalized spacial score (nSPS) is 10.7. The Balaban J connectivity index is 2.01. The van der Waals surface area contributed by atoms with E-state index in [1.165, 1.54) is 0 Å². The van der Waals surface area contributed by atoms with Crippen LogP contribution in [0.15, 0.2) is 45.5 Å². The quantitative estimate of drug-likeness (QED) is 0.777. The van der Waals surface area contributed by atoms with Gasteiger partial charge in [-0.1, -0.05) is 16.8 Å². The second-order valence-corrected chi connectivity index (χ2v) is 5.22. The Morgan fingerprint density at radius 2 is 2.05 bits per heavy atom. The summed E-state index contributed by atoms with van der Waals surface area (Å²) in [5, 5.41) is 13.7. The standard InChI is InChI=1S/C14H10BrN3O2/c1-8-2-5-12(19)10(6-8)14-17-13(18-20-14)11-4-3-9(15)7-16-11/h2-7,19H,1H3. The molecular formula is C14H10BrN3O2. The average Bonchev–Trinajstić information content (AvgIpc) is 2.92. The van der Waals surface area contributed by atoms with Gasteiger partial charge in [0.05, 0.1) is 5.56 Å². The lowest BCUT2D eigenvalue weighted by Gasteiger charge is -2.00. The number of nitrogens with zero attached hydrogens (tertiary/aromatic N) is 3. The van der Waals surface area contributed by atoms with Crippen LogP contribution >= 0.6 is 15.9 Å². The van der Waals surface area contributed by atoms with E-state index >= 15 is 0 Å². The highest BCUT2D eigenvalue weighted by atomic mass is 79.9. The minimum Gasteiger partial charge on any atom is -0.507 e. The number of phenolic OH excluding ortho intramolecular Hbond substituents is 1. The zero-order chi connectivity index (χ0) is 14.1. The van der Waals surface area contributed by atoms with Gasteiger partial charge in [0.25, 0.3) is 5.89 Å². The number of aryl methyl sites for hydroxylation is 1. The van der Waals surface area contributed by atoms with Gasteiger partial charge in [-0.3, -0.25) is 4.98 Å². The number of pyridine rings is 1. The van der Waals surface area contributed by atoms with E-state index in [-0.39, 0.29) is 11.6 Å². The molecule has 100 valence electrons. The molecule has 6 heteroatoms. The van der Waals surface area contributed by atoms with Crippen molar-refractivity contribution in [3.8, 4) is 28.7 Å². The second kappa shape index (κ2) is 5.05. The van der Waals surface area contributed by atoms with Crippen molar-refractivity contribution in [3.63, 3.8) is 0 Å². The lowest BCUT2D eigenvalue weighted by atomic mass is 10.1. The molecule has 0 atom stereocenters. The van der Waals surface area contributed by atoms with E-state index in [9.17, 15) is 5.11 Å².